The molecule has 1 atom stereocenters. The SMILES string of the molecule is C1=CCC(C2=N[C@H](C(Cc3ccccc3)(Cc3ccccc3)OP(c3ccccc3)c3ccccc3)CO2)=C1. The van der Waals surface area contributed by atoms with Gasteiger partial charge in [0.1, 0.15) is 18.2 Å². The molecule has 0 amide bonds. The Bertz CT molecular complexity index is 1370. The Labute approximate surface area is 232 Å². The Balaban J connectivity index is 1.48. The second kappa shape index (κ2) is 11.9. The molecule has 1 aliphatic carbocycles. The molecule has 3 nitrogen and oxygen atoms in total. The molecule has 1 heterocycles. The van der Waals surface area contributed by atoms with Crippen LogP contribution in [0.2, 0.25) is 0 Å². The van der Waals surface area contributed by atoms with Crippen LogP contribution in [-0.2, 0) is 22.1 Å². The Hall–Kier alpha value is -3.78. The van der Waals surface area contributed by atoms with Crippen LogP contribution in [0.5, 0.6) is 0 Å². The molecule has 4 aromatic rings. The van der Waals surface area contributed by atoms with E-state index in [1.54, 1.807) is 0 Å². The van der Waals surface area contributed by atoms with Crippen molar-refractivity contribution in [3.05, 3.63) is 156 Å². The Morgan fingerprint density at radius 2 is 1.23 bits per heavy atom. The number of allylic oxidation sites excluding steroid dienone is 3. The van der Waals surface area contributed by atoms with Crippen LogP contribution in [0.15, 0.2) is 150 Å². The first-order chi connectivity index (χ1) is 19.3. The van der Waals surface area contributed by atoms with E-state index in [4.69, 9.17) is 14.3 Å². The van der Waals surface area contributed by atoms with Gasteiger partial charge in [-0.15, -0.1) is 0 Å². The van der Waals surface area contributed by atoms with E-state index in [0.717, 1.165) is 30.7 Å². The van der Waals surface area contributed by atoms with Crippen molar-refractivity contribution in [2.75, 3.05) is 6.61 Å². The summed E-state index contributed by atoms with van der Waals surface area (Å²) in [5.41, 5.74) is 2.97. The summed E-state index contributed by atoms with van der Waals surface area (Å²) in [4.78, 5) is 5.25. The van der Waals surface area contributed by atoms with Crippen molar-refractivity contribution < 1.29 is 9.26 Å². The summed E-state index contributed by atoms with van der Waals surface area (Å²) in [7, 11) is -1.12. The van der Waals surface area contributed by atoms with Gasteiger partial charge in [0.05, 0.1) is 8.15 Å². The van der Waals surface area contributed by atoms with E-state index in [9.17, 15) is 0 Å². The third-order valence-electron chi connectivity index (χ3n) is 7.25. The zero-order valence-electron chi connectivity index (χ0n) is 21.9. The van der Waals surface area contributed by atoms with Crippen molar-refractivity contribution >= 4 is 24.7 Å². The van der Waals surface area contributed by atoms with Gasteiger partial charge in [-0.05, 0) is 17.5 Å². The van der Waals surface area contributed by atoms with Crippen molar-refractivity contribution in [2.45, 2.75) is 30.9 Å². The van der Waals surface area contributed by atoms with Gasteiger partial charge in [0.15, 0.2) is 0 Å². The second-order valence-corrected chi connectivity index (χ2v) is 11.8. The van der Waals surface area contributed by atoms with E-state index < -0.39 is 13.7 Å². The normalized spacial score (nSPS) is 16.7. The van der Waals surface area contributed by atoms with Crippen LogP contribution >= 0.6 is 8.15 Å². The van der Waals surface area contributed by atoms with E-state index >= 15 is 0 Å². The van der Waals surface area contributed by atoms with Gasteiger partial charge >= 0.3 is 0 Å². The molecule has 0 fully saturated rings. The largest absolute Gasteiger partial charge is 0.475 e. The summed E-state index contributed by atoms with van der Waals surface area (Å²) in [6, 6.07) is 42.4. The Kier molecular flexibility index (Phi) is 7.81. The topological polar surface area (TPSA) is 30.8 Å². The fourth-order valence-corrected chi connectivity index (χ4v) is 7.30. The molecule has 0 N–H and O–H groups in total. The lowest BCUT2D eigenvalue weighted by Crippen LogP contribution is -2.49. The predicted molar refractivity (Wildman–Crippen MR) is 162 cm³/mol. The van der Waals surface area contributed by atoms with Gasteiger partial charge in [-0.2, -0.15) is 0 Å². The van der Waals surface area contributed by atoms with E-state index in [-0.39, 0.29) is 6.04 Å². The monoisotopic (exact) mass is 529 g/mol. The summed E-state index contributed by atoms with van der Waals surface area (Å²) in [5.74, 6) is 0.753. The van der Waals surface area contributed by atoms with Crippen LogP contribution in [0, 0.1) is 0 Å². The number of ether oxygens (including phenoxy) is 1. The average molecular weight is 530 g/mol. The third-order valence-corrected chi connectivity index (χ3v) is 9.33. The summed E-state index contributed by atoms with van der Waals surface area (Å²) in [5, 5.41) is 2.38. The van der Waals surface area contributed by atoms with Gasteiger partial charge < -0.3 is 9.26 Å². The Morgan fingerprint density at radius 1 is 0.718 bits per heavy atom. The number of benzene rings is 4. The molecular formula is C35H32NO2P. The molecule has 6 rings (SSSR count). The quantitative estimate of drug-likeness (QED) is 0.208. The van der Waals surface area contributed by atoms with Crippen LogP contribution in [0.25, 0.3) is 0 Å². The highest BCUT2D eigenvalue weighted by molar-refractivity contribution is 7.68. The van der Waals surface area contributed by atoms with Crippen molar-refractivity contribution in [2.24, 2.45) is 4.99 Å². The van der Waals surface area contributed by atoms with Crippen LogP contribution in [0.1, 0.15) is 17.5 Å². The van der Waals surface area contributed by atoms with E-state index in [0.29, 0.717) is 6.61 Å². The van der Waals surface area contributed by atoms with Crippen molar-refractivity contribution in [1.82, 2.24) is 0 Å². The fourth-order valence-electron chi connectivity index (χ4n) is 5.29. The summed E-state index contributed by atoms with van der Waals surface area (Å²) in [6.45, 7) is 0.499. The molecule has 39 heavy (non-hydrogen) atoms. The summed E-state index contributed by atoms with van der Waals surface area (Å²) >= 11 is 0. The van der Waals surface area contributed by atoms with Gasteiger partial charge in [-0.25, -0.2) is 4.99 Å². The van der Waals surface area contributed by atoms with Crippen molar-refractivity contribution in [3.63, 3.8) is 0 Å². The molecule has 0 radical (unpaired) electrons. The molecule has 0 saturated carbocycles. The third kappa shape index (κ3) is 5.96. The molecule has 0 unspecified atom stereocenters. The molecule has 0 saturated heterocycles. The lowest BCUT2D eigenvalue weighted by atomic mass is 9.82. The minimum atomic E-state index is -1.12. The molecule has 4 heteroatoms. The van der Waals surface area contributed by atoms with Gasteiger partial charge in [0.2, 0.25) is 5.90 Å². The minimum Gasteiger partial charge on any atom is -0.475 e. The maximum absolute atomic E-state index is 7.56. The second-order valence-electron chi connectivity index (χ2n) is 10.0. The van der Waals surface area contributed by atoms with Crippen LogP contribution in [0.4, 0.5) is 0 Å². The first-order valence-electron chi connectivity index (χ1n) is 13.5. The molecule has 0 spiro atoms. The van der Waals surface area contributed by atoms with Gasteiger partial charge in [0, 0.05) is 29.0 Å². The molecule has 4 aromatic carbocycles. The van der Waals surface area contributed by atoms with Crippen LogP contribution in [-0.4, -0.2) is 24.1 Å². The average Bonchev–Trinajstić information content (AvgIpc) is 3.71. The van der Waals surface area contributed by atoms with Crippen LogP contribution < -0.4 is 10.6 Å². The Morgan fingerprint density at radius 3 is 1.72 bits per heavy atom. The zero-order chi connectivity index (χ0) is 26.3. The highest BCUT2D eigenvalue weighted by atomic mass is 31.1. The van der Waals surface area contributed by atoms with Gasteiger partial charge in [-0.1, -0.05) is 140 Å². The summed E-state index contributed by atoms with van der Waals surface area (Å²) in [6.07, 6.45) is 8.65. The fraction of sp³-hybridized carbons (Fsp3) is 0.171. The van der Waals surface area contributed by atoms with Gasteiger partial charge in [0.25, 0.3) is 0 Å². The highest BCUT2D eigenvalue weighted by Crippen LogP contribution is 2.45. The molecular weight excluding hydrogens is 497 g/mol. The smallest absolute Gasteiger partial charge is 0.212 e. The van der Waals surface area contributed by atoms with Crippen LogP contribution in [0.3, 0.4) is 0 Å². The summed E-state index contributed by atoms with van der Waals surface area (Å²) < 4.78 is 13.8. The van der Waals surface area contributed by atoms with Crippen molar-refractivity contribution in [1.29, 1.82) is 0 Å². The lowest BCUT2D eigenvalue weighted by molar-refractivity contribution is 0.0484. The zero-order valence-corrected chi connectivity index (χ0v) is 22.8. The first-order valence-corrected chi connectivity index (χ1v) is 14.8. The molecule has 194 valence electrons. The van der Waals surface area contributed by atoms with E-state index in [1.807, 2.05) is 0 Å². The highest BCUT2D eigenvalue weighted by Gasteiger charge is 2.46. The number of rotatable bonds is 10. The first kappa shape index (κ1) is 25.5. The molecule has 2 aliphatic rings. The number of aliphatic imine (C=N–C) groups is 1. The van der Waals surface area contributed by atoms with E-state index in [1.165, 1.54) is 21.7 Å². The van der Waals surface area contributed by atoms with Gasteiger partial charge in [-0.3, -0.25) is 0 Å². The molecule has 1 aliphatic heterocycles. The minimum absolute atomic E-state index is 0.160. The standard InChI is InChI=1S/C35H32NO2P/c1-5-15-28(16-6-1)25-35(26-29-17-7-2-8-18-29,33-27-37-34(36-33)30-19-13-14-20-30)38-39(31-21-9-3-10-22-31)32-23-11-4-12-24-32/h1-19,21-24,33H,20,25-27H2/t33-/m0/s1. The van der Waals surface area contributed by atoms with E-state index in [2.05, 4.69) is 140 Å². The van der Waals surface area contributed by atoms with Crippen molar-refractivity contribution in [3.8, 4) is 0 Å². The number of hydrogen-bond donors (Lipinski definition) is 0. The molecule has 0 aromatic heterocycles. The molecule has 0 bridgehead atoms. The maximum Gasteiger partial charge on any atom is 0.212 e. The number of nitrogens with zero attached hydrogens (tertiary/aromatic N) is 1. The maximum atomic E-state index is 7.56. The number of hydrogen-bond acceptors (Lipinski definition) is 3. The lowest BCUT2D eigenvalue weighted by Gasteiger charge is -2.40. The predicted octanol–water partition coefficient (Wildman–Crippen LogP) is 6.96.